The van der Waals surface area contributed by atoms with Crippen LogP contribution in [0, 0.1) is 0 Å². The van der Waals surface area contributed by atoms with Crippen molar-refractivity contribution in [3.8, 4) is 11.1 Å². The van der Waals surface area contributed by atoms with Gasteiger partial charge in [0.1, 0.15) is 18.1 Å². The van der Waals surface area contributed by atoms with Gasteiger partial charge in [0, 0.05) is 18.2 Å². The van der Waals surface area contributed by atoms with E-state index in [1.807, 2.05) is 6.07 Å². The average molecular weight is 427 g/mol. The first-order chi connectivity index (χ1) is 15.5. The molecule has 1 aliphatic rings. The number of aromatic nitrogens is 2. The van der Waals surface area contributed by atoms with Gasteiger partial charge in [-0.05, 0) is 37.9 Å². The molecule has 5 aromatic rings. The third-order valence-corrected chi connectivity index (χ3v) is 6.49. The lowest BCUT2D eigenvalue weighted by molar-refractivity contribution is -0.0458. The summed E-state index contributed by atoms with van der Waals surface area (Å²) in [6, 6.07) is 18.7. The Hall–Kier alpha value is -3.52. The fourth-order valence-corrected chi connectivity index (χ4v) is 4.92. The number of aliphatic hydroxyl groups excluding tert-OH is 2. The van der Waals surface area contributed by atoms with Crippen LogP contribution in [0.5, 0.6) is 0 Å². The highest BCUT2D eigenvalue weighted by Crippen LogP contribution is 2.40. The van der Waals surface area contributed by atoms with Crippen molar-refractivity contribution in [3.63, 3.8) is 0 Å². The number of hydrogen-bond donors (Lipinski definition) is 3. The van der Waals surface area contributed by atoms with Gasteiger partial charge in [0.15, 0.2) is 0 Å². The number of benzene rings is 4. The molecular formula is C25H21N3O4. The van der Waals surface area contributed by atoms with Gasteiger partial charge in [-0.3, -0.25) is 4.57 Å². The van der Waals surface area contributed by atoms with Crippen molar-refractivity contribution < 1.29 is 14.9 Å². The van der Waals surface area contributed by atoms with Crippen LogP contribution in [-0.4, -0.2) is 38.6 Å². The fraction of sp³-hybridized carbons (Fsp3) is 0.200. The molecule has 0 bridgehead atoms. The number of aliphatic hydroxyl groups is 2. The molecule has 0 aliphatic carbocycles. The minimum absolute atomic E-state index is 0.138. The second kappa shape index (κ2) is 7.00. The molecule has 7 heteroatoms. The van der Waals surface area contributed by atoms with Gasteiger partial charge in [0.25, 0.3) is 0 Å². The maximum atomic E-state index is 12.6. The summed E-state index contributed by atoms with van der Waals surface area (Å²) in [5.41, 5.74) is 7.15. The van der Waals surface area contributed by atoms with E-state index in [1.165, 1.54) is 9.95 Å². The predicted molar refractivity (Wildman–Crippen MR) is 124 cm³/mol. The van der Waals surface area contributed by atoms with Crippen LogP contribution >= 0.6 is 0 Å². The smallest absolute Gasteiger partial charge is 0.351 e. The summed E-state index contributed by atoms with van der Waals surface area (Å²) in [5, 5.41) is 26.3. The molecule has 1 aromatic heterocycles. The van der Waals surface area contributed by atoms with Gasteiger partial charge in [-0.25, -0.2) is 4.79 Å². The maximum Gasteiger partial charge on any atom is 0.351 e. The summed E-state index contributed by atoms with van der Waals surface area (Å²) in [6.07, 6.45) is -0.473. The monoisotopic (exact) mass is 427 g/mol. The molecule has 3 atom stereocenters. The van der Waals surface area contributed by atoms with Crippen LogP contribution in [0.25, 0.3) is 43.4 Å². The zero-order valence-electron chi connectivity index (χ0n) is 17.1. The number of nitrogens with two attached hydrogens (primary N) is 1. The highest BCUT2D eigenvalue weighted by atomic mass is 16.5. The second-order valence-corrected chi connectivity index (χ2v) is 8.31. The molecule has 1 unspecified atom stereocenters. The van der Waals surface area contributed by atoms with Crippen molar-refractivity contribution in [1.29, 1.82) is 0 Å². The molecule has 0 saturated carbocycles. The van der Waals surface area contributed by atoms with Gasteiger partial charge in [-0.15, -0.1) is 0 Å². The topological polar surface area (TPSA) is 111 Å². The van der Waals surface area contributed by atoms with E-state index >= 15 is 0 Å². The lowest BCUT2D eigenvalue weighted by Gasteiger charge is -2.18. The van der Waals surface area contributed by atoms with Gasteiger partial charge in [0.05, 0.1) is 12.7 Å². The zero-order chi connectivity index (χ0) is 22.0. The molecular weight excluding hydrogens is 406 g/mol. The number of nitrogens with zero attached hydrogens (tertiary/aromatic N) is 2. The third kappa shape index (κ3) is 2.72. The highest BCUT2D eigenvalue weighted by molar-refractivity contribution is 6.25. The summed E-state index contributed by atoms with van der Waals surface area (Å²) in [7, 11) is 0. The van der Waals surface area contributed by atoms with E-state index in [0.717, 1.165) is 32.5 Å². The van der Waals surface area contributed by atoms with Crippen molar-refractivity contribution in [2.75, 3.05) is 12.3 Å². The van der Waals surface area contributed by atoms with E-state index in [-0.39, 0.29) is 18.8 Å². The van der Waals surface area contributed by atoms with Gasteiger partial charge < -0.3 is 20.7 Å². The quantitative estimate of drug-likeness (QED) is 0.382. The normalized spacial score (nSPS) is 21.2. The molecule has 0 radical (unpaired) electrons. The van der Waals surface area contributed by atoms with Crippen molar-refractivity contribution >= 4 is 38.1 Å². The first-order valence-electron chi connectivity index (χ1n) is 10.5. The van der Waals surface area contributed by atoms with Crippen LogP contribution < -0.4 is 11.4 Å². The number of rotatable bonds is 3. The summed E-state index contributed by atoms with van der Waals surface area (Å²) >= 11 is 0. The van der Waals surface area contributed by atoms with Gasteiger partial charge in [-0.2, -0.15) is 4.98 Å². The van der Waals surface area contributed by atoms with E-state index < -0.39 is 24.1 Å². The standard InChI is InChI=1S/C25H21N3O4/c26-24-18(11-28(25(31)27-24)21-10-19(30)20(12-29)32-21)16-8-6-15-5-4-13-2-1-3-14-7-9-17(16)23(15)22(13)14/h1-9,11,19-21,29-30H,10,12H2,(H2,26,27,31)/t19?,20-,21-/m1/s1. The Balaban J connectivity index is 1.58. The van der Waals surface area contributed by atoms with E-state index in [1.54, 1.807) is 6.20 Å². The molecule has 1 saturated heterocycles. The van der Waals surface area contributed by atoms with Crippen molar-refractivity contribution in [2.45, 2.75) is 24.9 Å². The van der Waals surface area contributed by atoms with E-state index in [2.05, 4.69) is 53.5 Å². The Kier molecular flexibility index (Phi) is 4.19. The lowest BCUT2D eigenvalue weighted by atomic mass is 9.90. The van der Waals surface area contributed by atoms with E-state index in [9.17, 15) is 15.0 Å². The third-order valence-electron chi connectivity index (χ3n) is 6.49. The summed E-state index contributed by atoms with van der Waals surface area (Å²) in [4.78, 5) is 16.6. The molecule has 32 heavy (non-hydrogen) atoms. The summed E-state index contributed by atoms with van der Waals surface area (Å²) in [5.74, 6) is 0.138. The van der Waals surface area contributed by atoms with Crippen LogP contribution in [0.15, 0.2) is 65.6 Å². The Morgan fingerprint density at radius 1 is 1.00 bits per heavy atom. The Morgan fingerprint density at radius 2 is 1.69 bits per heavy atom. The minimum atomic E-state index is -0.854. The van der Waals surface area contributed by atoms with Gasteiger partial charge in [-0.1, -0.05) is 54.6 Å². The van der Waals surface area contributed by atoms with Crippen LogP contribution in [0.1, 0.15) is 12.6 Å². The van der Waals surface area contributed by atoms with Crippen molar-refractivity contribution in [1.82, 2.24) is 9.55 Å². The Morgan fingerprint density at radius 3 is 2.41 bits per heavy atom. The molecule has 6 rings (SSSR count). The van der Waals surface area contributed by atoms with Gasteiger partial charge >= 0.3 is 5.69 Å². The lowest BCUT2D eigenvalue weighted by Crippen LogP contribution is -2.28. The molecule has 4 aromatic carbocycles. The summed E-state index contributed by atoms with van der Waals surface area (Å²) in [6.45, 7) is -0.323. The number of ether oxygens (including phenoxy) is 1. The molecule has 1 fully saturated rings. The molecule has 0 amide bonds. The molecule has 4 N–H and O–H groups in total. The number of anilines is 1. The number of hydrogen-bond acceptors (Lipinski definition) is 6. The minimum Gasteiger partial charge on any atom is -0.394 e. The largest absolute Gasteiger partial charge is 0.394 e. The van der Waals surface area contributed by atoms with Crippen LogP contribution in [0.2, 0.25) is 0 Å². The zero-order valence-corrected chi connectivity index (χ0v) is 17.1. The second-order valence-electron chi connectivity index (χ2n) is 8.31. The first kappa shape index (κ1) is 19.2. The van der Waals surface area contributed by atoms with E-state index in [4.69, 9.17) is 10.5 Å². The van der Waals surface area contributed by atoms with Crippen molar-refractivity contribution in [2.24, 2.45) is 0 Å². The van der Waals surface area contributed by atoms with Gasteiger partial charge in [0.2, 0.25) is 0 Å². The molecule has 7 nitrogen and oxygen atoms in total. The molecule has 2 heterocycles. The van der Waals surface area contributed by atoms with Crippen LogP contribution in [0.4, 0.5) is 5.82 Å². The number of nitrogen functional groups attached to an aromatic ring is 1. The fourth-order valence-electron chi connectivity index (χ4n) is 4.92. The van der Waals surface area contributed by atoms with Crippen molar-refractivity contribution in [3.05, 3.63) is 71.3 Å². The average Bonchev–Trinajstić information content (AvgIpc) is 3.18. The Bertz CT molecular complexity index is 1530. The SMILES string of the molecule is Nc1nc(=O)n([C@H]2CC(O)[C@@H](CO)O2)cc1-c1ccc2ccc3cccc4ccc1c2c34. The van der Waals surface area contributed by atoms with Crippen LogP contribution in [-0.2, 0) is 4.74 Å². The first-order valence-corrected chi connectivity index (χ1v) is 10.5. The molecule has 1 aliphatic heterocycles. The molecule has 0 spiro atoms. The van der Waals surface area contributed by atoms with Crippen LogP contribution in [0.3, 0.4) is 0 Å². The predicted octanol–water partition coefficient (Wildman–Crippen LogP) is 3.03. The Labute approximate surface area is 182 Å². The molecule has 160 valence electrons. The highest BCUT2D eigenvalue weighted by Gasteiger charge is 2.35. The summed E-state index contributed by atoms with van der Waals surface area (Å²) < 4.78 is 7.03. The van der Waals surface area contributed by atoms with E-state index in [0.29, 0.717) is 5.56 Å². The maximum absolute atomic E-state index is 12.6.